The first-order valence-electron chi connectivity index (χ1n) is 8.79. The zero-order chi connectivity index (χ0) is 19.4. The molecule has 0 aromatic heterocycles. The number of rotatable bonds is 8. The summed E-state index contributed by atoms with van der Waals surface area (Å²) >= 11 is 5.94. The van der Waals surface area contributed by atoms with E-state index in [2.05, 4.69) is 16.5 Å². The zero-order valence-corrected chi connectivity index (χ0v) is 17.6. The van der Waals surface area contributed by atoms with Crippen LogP contribution in [0.25, 0.3) is 0 Å². The maximum absolute atomic E-state index is 12.7. The van der Waals surface area contributed by atoms with Gasteiger partial charge in [0.1, 0.15) is 0 Å². The predicted molar refractivity (Wildman–Crippen MR) is 105 cm³/mol. The Morgan fingerprint density at radius 2 is 1.85 bits per heavy atom. The average Bonchev–Trinajstić information content (AvgIpc) is 2.55. The number of benzene rings is 1. The van der Waals surface area contributed by atoms with Gasteiger partial charge in [-0.2, -0.15) is 0 Å². The molecule has 0 bridgehead atoms. The highest BCUT2D eigenvalue weighted by Crippen LogP contribution is 2.23. The minimum Gasteiger partial charge on any atom is -0.303 e. The molecule has 148 valence electrons. The van der Waals surface area contributed by atoms with Crippen molar-refractivity contribution in [2.75, 3.05) is 32.4 Å². The molecule has 1 saturated heterocycles. The fourth-order valence-corrected chi connectivity index (χ4v) is 5.74. The molecule has 1 heterocycles. The molecule has 1 aliphatic heterocycles. The molecule has 0 atom stereocenters. The first kappa shape index (κ1) is 21.6. The molecule has 1 aliphatic rings. The summed E-state index contributed by atoms with van der Waals surface area (Å²) in [7, 11) is -7.18. The van der Waals surface area contributed by atoms with Gasteiger partial charge in [-0.05, 0) is 62.5 Å². The van der Waals surface area contributed by atoms with Crippen LogP contribution in [0.5, 0.6) is 0 Å². The van der Waals surface area contributed by atoms with Crippen LogP contribution in [0, 0.1) is 5.92 Å². The summed E-state index contributed by atoms with van der Waals surface area (Å²) in [6.45, 7) is 5.55. The number of piperidine rings is 1. The van der Waals surface area contributed by atoms with Crippen LogP contribution in [-0.2, 0) is 25.6 Å². The van der Waals surface area contributed by atoms with Crippen LogP contribution in [-0.4, -0.2) is 54.2 Å². The van der Waals surface area contributed by atoms with E-state index in [-0.39, 0.29) is 27.2 Å². The van der Waals surface area contributed by atoms with Crippen LogP contribution in [0.3, 0.4) is 0 Å². The lowest BCUT2D eigenvalue weighted by molar-refractivity contribution is 0.186. The number of likely N-dealkylation sites (tertiary alicyclic amines) is 1. The third-order valence-electron chi connectivity index (χ3n) is 4.55. The molecule has 1 N–H and O–H groups in total. The fraction of sp³-hybridized carbons (Fsp3) is 0.647. The number of hydrogen-bond acceptors (Lipinski definition) is 5. The Morgan fingerprint density at radius 1 is 1.19 bits per heavy atom. The largest absolute Gasteiger partial charge is 0.303 e. The van der Waals surface area contributed by atoms with Gasteiger partial charge in [-0.3, -0.25) is 0 Å². The molecule has 1 fully saturated rings. The Balaban J connectivity index is 2.07. The Kier molecular flexibility index (Phi) is 7.50. The molecule has 0 unspecified atom stereocenters. The molecule has 0 radical (unpaired) electrons. The van der Waals surface area contributed by atoms with Gasteiger partial charge in [0.2, 0.25) is 10.0 Å². The van der Waals surface area contributed by atoms with Crippen LogP contribution in [0.4, 0.5) is 0 Å². The van der Waals surface area contributed by atoms with Gasteiger partial charge in [-0.25, -0.2) is 21.6 Å². The van der Waals surface area contributed by atoms with Crippen molar-refractivity contribution < 1.29 is 16.8 Å². The summed E-state index contributed by atoms with van der Waals surface area (Å²) in [5, 5.41) is 0.260. The standard InChI is InChI=1S/C17H27ClN2O4S2/c1-3-8-20-9-6-14(7-10-20)12-19-26(23,24)17-11-16(18)5-4-15(17)13-25(2,21)22/h4-5,11,14,19H,3,6-10,12-13H2,1-2H3. The minimum absolute atomic E-state index is 0.0566. The number of halogens is 1. The molecule has 0 saturated carbocycles. The SMILES string of the molecule is CCCN1CCC(CNS(=O)(=O)c2cc(Cl)ccc2CS(C)(=O)=O)CC1. The number of sulfone groups is 1. The second-order valence-electron chi connectivity index (χ2n) is 6.96. The van der Waals surface area contributed by atoms with Crippen LogP contribution in [0.15, 0.2) is 23.1 Å². The normalized spacial score (nSPS) is 17.5. The van der Waals surface area contributed by atoms with Gasteiger partial charge in [-0.1, -0.05) is 24.6 Å². The van der Waals surface area contributed by atoms with Crippen molar-refractivity contribution in [3.63, 3.8) is 0 Å². The summed E-state index contributed by atoms with van der Waals surface area (Å²) in [5.41, 5.74) is 0.238. The molecule has 0 spiro atoms. The second kappa shape index (κ2) is 9.01. The number of hydrogen-bond donors (Lipinski definition) is 1. The summed E-state index contributed by atoms with van der Waals surface area (Å²) in [6.07, 6.45) is 4.10. The van der Waals surface area contributed by atoms with Crippen LogP contribution < -0.4 is 4.72 Å². The monoisotopic (exact) mass is 422 g/mol. The Morgan fingerprint density at radius 3 is 2.42 bits per heavy atom. The molecule has 26 heavy (non-hydrogen) atoms. The summed E-state index contributed by atoms with van der Waals surface area (Å²) in [6, 6.07) is 4.28. The zero-order valence-electron chi connectivity index (χ0n) is 15.2. The van der Waals surface area contributed by atoms with Crippen molar-refractivity contribution in [1.29, 1.82) is 0 Å². The van der Waals surface area contributed by atoms with Gasteiger partial charge in [0.05, 0.1) is 10.6 Å². The molecule has 0 aliphatic carbocycles. The lowest BCUT2D eigenvalue weighted by Crippen LogP contribution is -2.39. The molecule has 1 aromatic rings. The lowest BCUT2D eigenvalue weighted by Gasteiger charge is -2.31. The van der Waals surface area contributed by atoms with E-state index in [4.69, 9.17) is 11.6 Å². The van der Waals surface area contributed by atoms with Crippen molar-refractivity contribution >= 4 is 31.5 Å². The van der Waals surface area contributed by atoms with Crippen LogP contribution in [0.2, 0.25) is 5.02 Å². The van der Waals surface area contributed by atoms with Crippen molar-refractivity contribution in [2.24, 2.45) is 5.92 Å². The van der Waals surface area contributed by atoms with Gasteiger partial charge in [0, 0.05) is 17.8 Å². The first-order chi connectivity index (χ1) is 12.1. The maximum Gasteiger partial charge on any atom is 0.240 e. The number of sulfonamides is 1. The fourth-order valence-electron chi connectivity index (χ4n) is 3.22. The molecular weight excluding hydrogens is 396 g/mol. The quantitative estimate of drug-likeness (QED) is 0.694. The van der Waals surface area contributed by atoms with Crippen molar-refractivity contribution in [3.8, 4) is 0 Å². The number of nitrogens with one attached hydrogen (secondary N) is 1. The van der Waals surface area contributed by atoms with E-state index in [0.29, 0.717) is 6.54 Å². The van der Waals surface area contributed by atoms with E-state index in [1.54, 1.807) is 0 Å². The number of nitrogens with zero attached hydrogens (tertiary/aromatic N) is 1. The third-order valence-corrected chi connectivity index (χ3v) is 7.12. The van der Waals surface area contributed by atoms with Crippen molar-refractivity contribution in [1.82, 2.24) is 9.62 Å². The molecule has 9 heteroatoms. The maximum atomic E-state index is 12.7. The van der Waals surface area contributed by atoms with E-state index in [1.807, 2.05) is 0 Å². The molecule has 6 nitrogen and oxygen atoms in total. The highest BCUT2D eigenvalue weighted by atomic mass is 35.5. The van der Waals surface area contributed by atoms with E-state index in [1.165, 1.54) is 18.2 Å². The van der Waals surface area contributed by atoms with E-state index in [9.17, 15) is 16.8 Å². The topological polar surface area (TPSA) is 83.6 Å². The van der Waals surface area contributed by atoms with Gasteiger partial charge in [0.15, 0.2) is 9.84 Å². The second-order valence-corrected chi connectivity index (χ2v) is 11.3. The Bertz CT molecular complexity index is 817. The molecule has 2 rings (SSSR count). The summed E-state index contributed by atoms with van der Waals surface area (Å²) in [5.74, 6) is -0.0501. The average molecular weight is 423 g/mol. The van der Waals surface area contributed by atoms with Crippen molar-refractivity contribution in [2.45, 2.75) is 36.8 Å². The van der Waals surface area contributed by atoms with Crippen LogP contribution >= 0.6 is 11.6 Å². The summed E-state index contributed by atoms with van der Waals surface area (Å²) < 4.78 is 51.3. The van der Waals surface area contributed by atoms with E-state index in [0.717, 1.165) is 45.2 Å². The Labute approximate surface area is 161 Å². The van der Waals surface area contributed by atoms with Gasteiger partial charge in [0.25, 0.3) is 0 Å². The highest BCUT2D eigenvalue weighted by molar-refractivity contribution is 7.90. The Hall–Kier alpha value is -0.670. The van der Waals surface area contributed by atoms with Crippen molar-refractivity contribution in [3.05, 3.63) is 28.8 Å². The predicted octanol–water partition coefficient (Wildman–Crippen LogP) is 2.28. The summed E-state index contributed by atoms with van der Waals surface area (Å²) in [4.78, 5) is 2.34. The first-order valence-corrected chi connectivity index (χ1v) is 12.7. The minimum atomic E-state index is -3.82. The smallest absolute Gasteiger partial charge is 0.240 e. The van der Waals surface area contributed by atoms with E-state index < -0.39 is 19.9 Å². The van der Waals surface area contributed by atoms with Gasteiger partial charge < -0.3 is 4.90 Å². The lowest BCUT2D eigenvalue weighted by atomic mass is 9.97. The molecule has 0 amide bonds. The molecule has 1 aromatic carbocycles. The molecular formula is C17H27ClN2O4S2. The third kappa shape index (κ3) is 6.49. The van der Waals surface area contributed by atoms with E-state index >= 15 is 0 Å². The highest BCUT2D eigenvalue weighted by Gasteiger charge is 2.24. The van der Waals surface area contributed by atoms with Gasteiger partial charge in [-0.15, -0.1) is 0 Å². The van der Waals surface area contributed by atoms with Crippen LogP contribution in [0.1, 0.15) is 31.7 Å². The van der Waals surface area contributed by atoms with Gasteiger partial charge >= 0.3 is 0 Å².